The van der Waals surface area contributed by atoms with Crippen LogP contribution in [-0.4, -0.2) is 24.3 Å². The van der Waals surface area contributed by atoms with Gasteiger partial charge in [0.05, 0.1) is 12.1 Å². The SMILES string of the molecule is O=C(CNC(=O)C1CC1)NNC(=O)c1ccccc1Br. The van der Waals surface area contributed by atoms with E-state index in [1.807, 2.05) is 0 Å². The molecular weight excluding hydrogens is 326 g/mol. The number of nitrogens with one attached hydrogen (secondary N) is 3. The molecule has 6 nitrogen and oxygen atoms in total. The summed E-state index contributed by atoms with van der Waals surface area (Å²) in [6, 6.07) is 6.86. The molecule has 3 N–H and O–H groups in total. The van der Waals surface area contributed by atoms with Gasteiger partial charge in [0, 0.05) is 10.4 Å². The van der Waals surface area contributed by atoms with Crippen molar-refractivity contribution in [2.45, 2.75) is 12.8 Å². The monoisotopic (exact) mass is 339 g/mol. The largest absolute Gasteiger partial charge is 0.347 e. The van der Waals surface area contributed by atoms with Crippen LogP contribution in [0.1, 0.15) is 23.2 Å². The van der Waals surface area contributed by atoms with Crippen molar-refractivity contribution < 1.29 is 14.4 Å². The number of amides is 3. The quantitative estimate of drug-likeness (QED) is 0.707. The Morgan fingerprint density at radius 2 is 1.85 bits per heavy atom. The highest BCUT2D eigenvalue weighted by Gasteiger charge is 2.29. The lowest BCUT2D eigenvalue weighted by molar-refractivity contribution is -0.127. The van der Waals surface area contributed by atoms with E-state index in [9.17, 15) is 14.4 Å². The molecule has 0 radical (unpaired) electrons. The third-order valence-electron chi connectivity index (χ3n) is 2.81. The molecule has 3 amide bonds. The minimum absolute atomic E-state index is 0.0534. The van der Waals surface area contributed by atoms with E-state index in [1.54, 1.807) is 24.3 Å². The zero-order valence-electron chi connectivity index (χ0n) is 10.6. The molecule has 0 saturated heterocycles. The zero-order chi connectivity index (χ0) is 14.5. The van der Waals surface area contributed by atoms with Crippen molar-refractivity contribution in [3.8, 4) is 0 Å². The molecule has 2 rings (SSSR count). The Morgan fingerprint density at radius 3 is 2.50 bits per heavy atom. The van der Waals surface area contributed by atoms with Gasteiger partial charge in [-0.3, -0.25) is 25.2 Å². The predicted molar refractivity (Wildman–Crippen MR) is 75.5 cm³/mol. The molecule has 1 aliphatic rings. The van der Waals surface area contributed by atoms with E-state index in [4.69, 9.17) is 0 Å². The van der Waals surface area contributed by atoms with Crippen molar-refractivity contribution >= 4 is 33.7 Å². The normalized spacial score (nSPS) is 13.4. The summed E-state index contributed by atoms with van der Waals surface area (Å²) in [7, 11) is 0. The number of benzene rings is 1. The number of carbonyl (C=O) groups is 3. The smallest absolute Gasteiger partial charge is 0.270 e. The van der Waals surface area contributed by atoms with Crippen LogP contribution in [-0.2, 0) is 9.59 Å². The minimum atomic E-state index is -0.473. The van der Waals surface area contributed by atoms with Gasteiger partial charge in [0.15, 0.2) is 0 Å². The van der Waals surface area contributed by atoms with Crippen LogP contribution in [0.2, 0.25) is 0 Å². The second-order valence-corrected chi connectivity index (χ2v) is 5.33. The number of hydrazine groups is 1. The van der Waals surface area contributed by atoms with Crippen LogP contribution in [0.5, 0.6) is 0 Å². The van der Waals surface area contributed by atoms with E-state index in [1.165, 1.54) is 0 Å². The Labute approximate surface area is 124 Å². The van der Waals surface area contributed by atoms with Crippen LogP contribution in [0.25, 0.3) is 0 Å². The summed E-state index contributed by atoms with van der Waals surface area (Å²) in [6.45, 7) is -0.147. The first-order valence-electron chi connectivity index (χ1n) is 6.19. The molecule has 0 atom stereocenters. The summed E-state index contributed by atoms with van der Waals surface area (Å²) in [5.41, 5.74) is 4.95. The van der Waals surface area contributed by atoms with Crippen LogP contribution in [0, 0.1) is 5.92 Å². The average Bonchev–Trinajstić information content (AvgIpc) is 3.27. The summed E-state index contributed by atoms with van der Waals surface area (Å²) < 4.78 is 0.633. The van der Waals surface area contributed by atoms with Crippen molar-refractivity contribution in [2.24, 2.45) is 5.92 Å². The zero-order valence-corrected chi connectivity index (χ0v) is 12.2. The topological polar surface area (TPSA) is 87.3 Å². The van der Waals surface area contributed by atoms with Crippen molar-refractivity contribution in [1.29, 1.82) is 0 Å². The van der Waals surface area contributed by atoms with Crippen molar-refractivity contribution in [1.82, 2.24) is 16.2 Å². The summed E-state index contributed by atoms with van der Waals surface area (Å²) in [5, 5.41) is 2.51. The van der Waals surface area contributed by atoms with Gasteiger partial charge in [-0.15, -0.1) is 0 Å². The molecule has 1 aromatic rings. The lowest BCUT2D eigenvalue weighted by Crippen LogP contribution is -2.46. The van der Waals surface area contributed by atoms with E-state index in [0.29, 0.717) is 10.0 Å². The highest BCUT2D eigenvalue weighted by Crippen LogP contribution is 2.28. The average molecular weight is 340 g/mol. The Kier molecular flexibility index (Phi) is 4.73. The number of hydrogen-bond acceptors (Lipinski definition) is 3. The summed E-state index contributed by atoms with van der Waals surface area (Å²) >= 11 is 3.25. The molecule has 7 heteroatoms. The second kappa shape index (κ2) is 6.51. The van der Waals surface area contributed by atoms with Gasteiger partial charge in [0.2, 0.25) is 5.91 Å². The molecule has 0 aromatic heterocycles. The van der Waals surface area contributed by atoms with Crippen molar-refractivity contribution in [3.63, 3.8) is 0 Å². The first kappa shape index (κ1) is 14.5. The fraction of sp³-hybridized carbons (Fsp3) is 0.308. The van der Waals surface area contributed by atoms with Crippen LogP contribution in [0.4, 0.5) is 0 Å². The maximum absolute atomic E-state index is 11.8. The third-order valence-corrected chi connectivity index (χ3v) is 3.50. The maximum Gasteiger partial charge on any atom is 0.270 e. The molecule has 1 aliphatic carbocycles. The molecule has 20 heavy (non-hydrogen) atoms. The fourth-order valence-corrected chi connectivity index (χ4v) is 2.01. The van der Waals surface area contributed by atoms with E-state index in [2.05, 4.69) is 32.1 Å². The van der Waals surface area contributed by atoms with E-state index >= 15 is 0 Å². The summed E-state index contributed by atoms with van der Waals surface area (Å²) in [4.78, 5) is 34.6. The Bertz CT molecular complexity index is 543. The number of halogens is 1. The Hall–Kier alpha value is -1.89. The van der Waals surface area contributed by atoms with Gasteiger partial charge >= 0.3 is 0 Å². The fourth-order valence-electron chi connectivity index (χ4n) is 1.54. The van der Waals surface area contributed by atoms with Crippen LogP contribution in [0.3, 0.4) is 0 Å². The van der Waals surface area contributed by atoms with Crippen LogP contribution < -0.4 is 16.2 Å². The lowest BCUT2D eigenvalue weighted by atomic mass is 10.2. The van der Waals surface area contributed by atoms with Gasteiger partial charge in [-0.2, -0.15) is 0 Å². The number of carbonyl (C=O) groups excluding carboxylic acids is 3. The molecule has 1 fully saturated rings. The molecule has 0 aliphatic heterocycles. The molecule has 0 bridgehead atoms. The molecule has 1 saturated carbocycles. The number of hydrogen-bond donors (Lipinski definition) is 3. The van der Waals surface area contributed by atoms with E-state index in [0.717, 1.165) is 12.8 Å². The standard InChI is InChI=1S/C13H14BrN3O3/c14-10-4-2-1-3-9(10)13(20)17-16-11(18)7-15-12(19)8-5-6-8/h1-4,8H,5-7H2,(H,15,19)(H,16,18)(H,17,20). The lowest BCUT2D eigenvalue weighted by Gasteiger charge is -2.09. The first-order chi connectivity index (χ1) is 9.58. The minimum Gasteiger partial charge on any atom is -0.347 e. The Balaban J connectivity index is 1.74. The van der Waals surface area contributed by atoms with Crippen LogP contribution >= 0.6 is 15.9 Å². The van der Waals surface area contributed by atoms with Gasteiger partial charge in [0.25, 0.3) is 11.8 Å². The highest BCUT2D eigenvalue weighted by atomic mass is 79.9. The van der Waals surface area contributed by atoms with Crippen molar-refractivity contribution in [3.05, 3.63) is 34.3 Å². The van der Waals surface area contributed by atoms with Gasteiger partial charge in [-0.05, 0) is 40.9 Å². The molecule has 0 spiro atoms. The Morgan fingerprint density at radius 1 is 1.15 bits per heavy atom. The summed E-state index contributed by atoms with van der Waals surface area (Å²) in [5.74, 6) is -0.964. The van der Waals surface area contributed by atoms with Crippen LogP contribution in [0.15, 0.2) is 28.7 Å². The van der Waals surface area contributed by atoms with Crippen molar-refractivity contribution in [2.75, 3.05) is 6.54 Å². The maximum atomic E-state index is 11.8. The third kappa shape index (κ3) is 4.06. The van der Waals surface area contributed by atoms with E-state index < -0.39 is 11.8 Å². The molecule has 106 valence electrons. The van der Waals surface area contributed by atoms with Gasteiger partial charge in [-0.25, -0.2) is 0 Å². The second-order valence-electron chi connectivity index (χ2n) is 4.47. The number of rotatable bonds is 4. The predicted octanol–water partition coefficient (Wildman–Crippen LogP) is 0.736. The first-order valence-corrected chi connectivity index (χ1v) is 6.98. The van der Waals surface area contributed by atoms with Gasteiger partial charge in [-0.1, -0.05) is 12.1 Å². The molecule has 1 aromatic carbocycles. The molecule has 0 heterocycles. The summed E-state index contributed by atoms with van der Waals surface area (Å²) in [6.07, 6.45) is 1.76. The van der Waals surface area contributed by atoms with E-state index in [-0.39, 0.29) is 18.4 Å². The highest BCUT2D eigenvalue weighted by molar-refractivity contribution is 9.10. The molecule has 0 unspecified atom stereocenters. The van der Waals surface area contributed by atoms with Gasteiger partial charge < -0.3 is 5.32 Å². The van der Waals surface area contributed by atoms with Gasteiger partial charge in [0.1, 0.15) is 0 Å². The molecular formula is C13H14BrN3O3.